The second kappa shape index (κ2) is 12.0. The van der Waals surface area contributed by atoms with Crippen molar-refractivity contribution in [1.29, 1.82) is 0 Å². The molecule has 1 saturated heterocycles. The van der Waals surface area contributed by atoms with Crippen LogP contribution in [-0.2, 0) is 11.3 Å². The van der Waals surface area contributed by atoms with Crippen LogP contribution >= 0.6 is 68.5 Å². The van der Waals surface area contributed by atoms with E-state index in [1.807, 2.05) is 53.8 Å². The van der Waals surface area contributed by atoms with Gasteiger partial charge < -0.3 is 9.47 Å². The molecule has 1 aliphatic heterocycles. The maximum Gasteiger partial charge on any atom is 0.345 e. The SMILES string of the molecule is CCOc1cc(/C=C2\SC(=O)N(Cc3ccc(I)cc3)C2=O)cc(I)c1OC(=O)c1ccccc1Cl. The first-order chi connectivity index (χ1) is 17.3. The Morgan fingerprint density at radius 1 is 1.08 bits per heavy atom. The van der Waals surface area contributed by atoms with Crippen molar-refractivity contribution in [3.63, 3.8) is 0 Å². The zero-order chi connectivity index (χ0) is 25.8. The van der Waals surface area contributed by atoms with E-state index in [4.69, 9.17) is 21.1 Å². The lowest BCUT2D eigenvalue weighted by Gasteiger charge is -2.14. The summed E-state index contributed by atoms with van der Waals surface area (Å²) in [6, 6.07) is 17.7. The first kappa shape index (κ1) is 27.0. The molecule has 10 heteroatoms. The summed E-state index contributed by atoms with van der Waals surface area (Å²) in [4.78, 5) is 39.8. The van der Waals surface area contributed by atoms with Gasteiger partial charge in [-0.25, -0.2) is 4.79 Å². The minimum absolute atomic E-state index is 0.206. The van der Waals surface area contributed by atoms with Crippen LogP contribution < -0.4 is 9.47 Å². The van der Waals surface area contributed by atoms with Crippen molar-refractivity contribution in [2.75, 3.05) is 6.61 Å². The number of hydrogen-bond acceptors (Lipinski definition) is 6. The Morgan fingerprint density at radius 3 is 2.50 bits per heavy atom. The molecule has 0 aromatic heterocycles. The molecule has 0 unspecified atom stereocenters. The lowest BCUT2D eigenvalue weighted by Crippen LogP contribution is -2.27. The number of halogens is 3. The van der Waals surface area contributed by atoms with Gasteiger partial charge in [-0.05, 0) is 117 Å². The first-order valence-corrected chi connectivity index (χ1v) is 14.0. The highest BCUT2D eigenvalue weighted by Gasteiger charge is 2.35. The number of nitrogens with zero attached hydrogens (tertiary/aromatic N) is 1. The van der Waals surface area contributed by atoms with Crippen LogP contribution in [0.3, 0.4) is 0 Å². The van der Waals surface area contributed by atoms with Crippen LogP contribution in [0.25, 0.3) is 6.08 Å². The fourth-order valence-electron chi connectivity index (χ4n) is 3.37. The van der Waals surface area contributed by atoms with Crippen LogP contribution in [0.1, 0.15) is 28.4 Å². The number of imide groups is 1. The number of ether oxygens (including phenoxy) is 2. The van der Waals surface area contributed by atoms with Gasteiger partial charge >= 0.3 is 5.97 Å². The van der Waals surface area contributed by atoms with E-state index in [-0.39, 0.29) is 34.0 Å². The van der Waals surface area contributed by atoms with Gasteiger partial charge in [-0.1, -0.05) is 35.9 Å². The van der Waals surface area contributed by atoms with Gasteiger partial charge in [-0.3, -0.25) is 14.5 Å². The summed E-state index contributed by atoms with van der Waals surface area (Å²) in [5.74, 6) is -0.366. The molecule has 1 heterocycles. The minimum atomic E-state index is -0.607. The molecule has 1 fully saturated rings. The second-order valence-electron chi connectivity index (χ2n) is 7.53. The van der Waals surface area contributed by atoms with Crippen molar-refractivity contribution < 1.29 is 23.9 Å². The number of rotatable bonds is 7. The molecular weight excluding hydrogens is 728 g/mol. The normalized spacial score (nSPS) is 14.4. The summed E-state index contributed by atoms with van der Waals surface area (Å²) >= 11 is 11.3. The van der Waals surface area contributed by atoms with Crippen molar-refractivity contribution in [2.24, 2.45) is 0 Å². The van der Waals surface area contributed by atoms with Gasteiger partial charge in [0.25, 0.3) is 11.1 Å². The molecule has 0 N–H and O–H groups in total. The van der Waals surface area contributed by atoms with E-state index < -0.39 is 5.97 Å². The molecule has 3 aromatic carbocycles. The molecule has 0 bridgehead atoms. The van der Waals surface area contributed by atoms with Crippen LogP contribution in [0.2, 0.25) is 5.02 Å². The summed E-state index contributed by atoms with van der Waals surface area (Å²) in [5.41, 5.74) is 1.75. The van der Waals surface area contributed by atoms with Crippen LogP contribution in [0, 0.1) is 7.14 Å². The predicted octanol–water partition coefficient (Wildman–Crippen LogP) is 7.40. The van der Waals surface area contributed by atoms with E-state index in [1.165, 1.54) is 4.90 Å². The Kier molecular flexibility index (Phi) is 8.96. The predicted molar refractivity (Wildman–Crippen MR) is 157 cm³/mol. The molecule has 0 aliphatic carbocycles. The van der Waals surface area contributed by atoms with Gasteiger partial charge in [0.2, 0.25) is 0 Å². The third-order valence-corrected chi connectivity index (χ3v) is 7.80. The minimum Gasteiger partial charge on any atom is -0.490 e. The fraction of sp³-hybridized carbons (Fsp3) is 0.115. The van der Waals surface area contributed by atoms with E-state index in [2.05, 4.69) is 22.6 Å². The van der Waals surface area contributed by atoms with Gasteiger partial charge in [-0.15, -0.1) is 0 Å². The number of thioether (sulfide) groups is 1. The zero-order valence-corrected chi connectivity index (χ0v) is 24.7. The van der Waals surface area contributed by atoms with Gasteiger partial charge in [0, 0.05) is 3.57 Å². The first-order valence-electron chi connectivity index (χ1n) is 10.7. The zero-order valence-electron chi connectivity index (χ0n) is 18.8. The summed E-state index contributed by atoms with van der Waals surface area (Å²) in [7, 11) is 0. The Labute approximate surface area is 244 Å². The molecule has 0 radical (unpaired) electrons. The quantitative estimate of drug-likeness (QED) is 0.109. The molecule has 6 nitrogen and oxygen atoms in total. The number of benzene rings is 3. The largest absolute Gasteiger partial charge is 0.490 e. The lowest BCUT2D eigenvalue weighted by atomic mass is 10.1. The van der Waals surface area contributed by atoms with Crippen molar-refractivity contribution in [2.45, 2.75) is 13.5 Å². The Morgan fingerprint density at radius 2 is 1.81 bits per heavy atom. The third-order valence-electron chi connectivity index (χ3n) is 5.05. The Hall–Kier alpha value is -2.09. The average molecular weight is 746 g/mol. The lowest BCUT2D eigenvalue weighted by molar-refractivity contribution is -0.123. The highest BCUT2D eigenvalue weighted by Crippen LogP contribution is 2.38. The van der Waals surface area contributed by atoms with Crippen LogP contribution in [0.5, 0.6) is 11.5 Å². The molecule has 0 atom stereocenters. The number of carbonyl (C=O) groups is 3. The summed E-state index contributed by atoms with van der Waals surface area (Å²) in [5, 5.41) is -0.0390. The third kappa shape index (κ3) is 6.24. The summed E-state index contributed by atoms with van der Waals surface area (Å²) in [6.45, 7) is 2.36. The van der Waals surface area contributed by atoms with Gasteiger partial charge in [-0.2, -0.15) is 0 Å². The molecular formula is C26H18ClI2NO5S. The molecule has 2 amide bonds. The molecule has 0 saturated carbocycles. The smallest absolute Gasteiger partial charge is 0.345 e. The van der Waals surface area contributed by atoms with Crippen molar-refractivity contribution in [3.8, 4) is 11.5 Å². The highest BCUT2D eigenvalue weighted by atomic mass is 127. The number of hydrogen-bond donors (Lipinski definition) is 0. The second-order valence-corrected chi connectivity index (χ2v) is 11.3. The van der Waals surface area contributed by atoms with Gasteiger partial charge in [0.15, 0.2) is 11.5 Å². The molecule has 3 aromatic rings. The fourth-order valence-corrected chi connectivity index (χ4v) is 5.51. The number of esters is 1. The van der Waals surface area contributed by atoms with Crippen LogP contribution in [-0.4, -0.2) is 28.6 Å². The van der Waals surface area contributed by atoms with Gasteiger partial charge in [0.05, 0.1) is 32.2 Å². The van der Waals surface area contributed by atoms with E-state index in [1.54, 1.807) is 42.5 Å². The van der Waals surface area contributed by atoms with Crippen molar-refractivity contribution in [3.05, 3.63) is 94.4 Å². The van der Waals surface area contributed by atoms with E-state index in [9.17, 15) is 14.4 Å². The molecule has 1 aliphatic rings. The van der Waals surface area contributed by atoms with Crippen LogP contribution in [0.4, 0.5) is 4.79 Å². The highest BCUT2D eigenvalue weighted by molar-refractivity contribution is 14.1. The topological polar surface area (TPSA) is 72.9 Å². The maximum absolute atomic E-state index is 13.0. The standard InChI is InChI=1S/C26H18ClI2NO5S/c1-2-34-21-12-16(11-20(29)23(21)35-25(32)18-5-3-4-6-19(18)27)13-22-24(31)30(26(33)36-22)14-15-7-9-17(28)10-8-15/h3-13H,2,14H2,1H3/b22-13-. The van der Waals surface area contributed by atoms with Crippen molar-refractivity contribution >= 4 is 91.7 Å². The van der Waals surface area contributed by atoms with Crippen molar-refractivity contribution in [1.82, 2.24) is 4.90 Å². The van der Waals surface area contributed by atoms with E-state index in [0.29, 0.717) is 26.4 Å². The monoisotopic (exact) mass is 745 g/mol. The Bertz CT molecular complexity index is 1380. The number of amides is 2. The molecule has 36 heavy (non-hydrogen) atoms. The van der Waals surface area contributed by atoms with Crippen LogP contribution in [0.15, 0.2) is 65.6 Å². The molecule has 4 rings (SSSR count). The Balaban J connectivity index is 1.59. The average Bonchev–Trinajstić information content (AvgIpc) is 3.10. The number of carbonyl (C=O) groups excluding carboxylic acids is 3. The van der Waals surface area contributed by atoms with E-state index in [0.717, 1.165) is 20.9 Å². The summed E-state index contributed by atoms with van der Waals surface area (Å²) < 4.78 is 13.0. The summed E-state index contributed by atoms with van der Waals surface area (Å²) in [6.07, 6.45) is 1.64. The molecule has 184 valence electrons. The maximum atomic E-state index is 13.0. The van der Waals surface area contributed by atoms with Gasteiger partial charge in [0.1, 0.15) is 0 Å². The molecule has 0 spiro atoms. The van der Waals surface area contributed by atoms with E-state index >= 15 is 0 Å².